The number of ketones is 1. The number of benzene rings is 2. The number of hydrogen-bond acceptors (Lipinski definition) is 2. The van der Waals surface area contributed by atoms with E-state index in [1.54, 1.807) is 36.4 Å². The highest BCUT2D eigenvalue weighted by Crippen LogP contribution is 2.24. The first-order valence-electron chi connectivity index (χ1n) is 5.39. The van der Waals surface area contributed by atoms with Crippen molar-refractivity contribution in [2.24, 2.45) is 0 Å². The van der Waals surface area contributed by atoms with Gasteiger partial charge >= 0.3 is 0 Å². The largest absolute Gasteiger partial charge is 0.353 e. The van der Waals surface area contributed by atoms with E-state index in [1.807, 2.05) is 0 Å². The first-order chi connectivity index (χ1) is 8.56. The minimum atomic E-state index is -0.359. The lowest BCUT2D eigenvalue weighted by molar-refractivity contribution is 0.101. The molecule has 0 spiro atoms. The number of halogens is 2. The molecule has 0 aliphatic heterocycles. The van der Waals surface area contributed by atoms with Crippen molar-refractivity contribution >= 4 is 28.8 Å². The first kappa shape index (κ1) is 12.6. The van der Waals surface area contributed by atoms with Gasteiger partial charge in [-0.25, -0.2) is 4.39 Å². The molecule has 0 saturated heterocycles. The van der Waals surface area contributed by atoms with E-state index in [0.29, 0.717) is 22.0 Å². The summed E-state index contributed by atoms with van der Waals surface area (Å²) in [6.07, 6.45) is 0. The van der Waals surface area contributed by atoms with E-state index in [1.165, 1.54) is 13.0 Å². The highest BCUT2D eigenvalue weighted by Gasteiger charge is 2.06. The van der Waals surface area contributed by atoms with Gasteiger partial charge in [0.2, 0.25) is 0 Å². The normalized spacial score (nSPS) is 10.2. The maximum atomic E-state index is 13.5. The van der Waals surface area contributed by atoms with Crippen molar-refractivity contribution in [1.82, 2.24) is 0 Å². The Kier molecular flexibility index (Phi) is 3.63. The van der Waals surface area contributed by atoms with Gasteiger partial charge in [0.25, 0.3) is 0 Å². The summed E-state index contributed by atoms with van der Waals surface area (Å²) >= 11 is 5.91. The van der Waals surface area contributed by atoms with Crippen molar-refractivity contribution < 1.29 is 9.18 Å². The maximum absolute atomic E-state index is 13.5. The molecule has 0 aliphatic rings. The van der Waals surface area contributed by atoms with Crippen molar-refractivity contribution in [1.29, 1.82) is 0 Å². The Labute approximate surface area is 109 Å². The standard InChI is InChI=1S/C14H11ClFNO/c1-9(18)10-6-11(15)8-12(7-10)17-14-5-3-2-4-13(14)16/h2-8,17H,1H3. The quantitative estimate of drug-likeness (QED) is 0.830. The van der Waals surface area contributed by atoms with Crippen LogP contribution in [0.1, 0.15) is 17.3 Å². The Bertz CT molecular complexity index is 598. The second-order valence-electron chi connectivity index (χ2n) is 3.89. The number of nitrogens with one attached hydrogen (secondary N) is 1. The molecule has 0 aromatic heterocycles. The summed E-state index contributed by atoms with van der Waals surface area (Å²) in [6, 6.07) is 11.2. The zero-order chi connectivity index (χ0) is 13.1. The Hall–Kier alpha value is -1.87. The number of Topliss-reactive ketones (excluding diaryl/α,β-unsaturated/α-hetero) is 1. The Morgan fingerprint density at radius 2 is 1.94 bits per heavy atom. The zero-order valence-electron chi connectivity index (χ0n) is 9.71. The lowest BCUT2D eigenvalue weighted by Gasteiger charge is -2.09. The fourth-order valence-electron chi connectivity index (χ4n) is 1.58. The number of para-hydroxylation sites is 1. The minimum absolute atomic E-state index is 0.0888. The van der Waals surface area contributed by atoms with Crippen LogP contribution in [-0.2, 0) is 0 Å². The van der Waals surface area contributed by atoms with Crippen LogP contribution in [0.5, 0.6) is 0 Å². The molecule has 0 fully saturated rings. The smallest absolute Gasteiger partial charge is 0.159 e. The van der Waals surface area contributed by atoms with Gasteiger partial charge in [-0.2, -0.15) is 0 Å². The van der Waals surface area contributed by atoms with Crippen LogP contribution in [0.25, 0.3) is 0 Å². The van der Waals surface area contributed by atoms with Gasteiger partial charge in [-0.1, -0.05) is 23.7 Å². The number of hydrogen-bond donors (Lipinski definition) is 1. The molecule has 0 radical (unpaired) electrons. The van der Waals surface area contributed by atoms with E-state index in [9.17, 15) is 9.18 Å². The van der Waals surface area contributed by atoms with Crippen LogP contribution in [0.15, 0.2) is 42.5 Å². The van der Waals surface area contributed by atoms with Crippen molar-refractivity contribution in [3.8, 4) is 0 Å². The van der Waals surface area contributed by atoms with Crippen molar-refractivity contribution in [3.05, 3.63) is 58.9 Å². The van der Waals surface area contributed by atoms with E-state index in [0.717, 1.165) is 0 Å². The van der Waals surface area contributed by atoms with Crippen LogP contribution < -0.4 is 5.32 Å². The minimum Gasteiger partial charge on any atom is -0.353 e. The molecule has 0 saturated carbocycles. The monoisotopic (exact) mass is 263 g/mol. The lowest BCUT2D eigenvalue weighted by Crippen LogP contribution is -1.97. The lowest BCUT2D eigenvalue weighted by atomic mass is 10.1. The van der Waals surface area contributed by atoms with Crippen molar-refractivity contribution in [2.75, 3.05) is 5.32 Å². The molecule has 2 nitrogen and oxygen atoms in total. The summed E-state index contributed by atoms with van der Waals surface area (Å²) in [5, 5.41) is 3.33. The fraction of sp³-hybridized carbons (Fsp3) is 0.0714. The Morgan fingerprint density at radius 3 is 2.61 bits per heavy atom. The molecule has 0 amide bonds. The molecule has 0 heterocycles. The summed E-state index contributed by atoms with van der Waals surface area (Å²) in [5.41, 5.74) is 1.41. The third-order valence-electron chi connectivity index (χ3n) is 2.46. The average Bonchev–Trinajstić information content (AvgIpc) is 2.31. The van der Waals surface area contributed by atoms with Gasteiger partial charge in [-0.15, -0.1) is 0 Å². The molecule has 0 bridgehead atoms. The van der Waals surface area contributed by atoms with Gasteiger partial charge in [-0.3, -0.25) is 4.79 Å². The number of carbonyl (C=O) groups is 1. The van der Waals surface area contributed by atoms with Gasteiger partial charge in [-0.05, 0) is 37.3 Å². The van der Waals surface area contributed by atoms with Crippen LogP contribution in [0.4, 0.5) is 15.8 Å². The summed E-state index contributed by atoms with van der Waals surface area (Å²) < 4.78 is 13.5. The highest BCUT2D eigenvalue weighted by atomic mass is 35.5. The predicted octanol–water partition coefficient (Wildman–Crippen LogP) is 4.43. The molecule has 2 aromatic rings. The van der Waals surface area contributed by atoms with Gasteiger partial charge in [0.1, 0.15) is 5.82 Å². The second-order valence-corrected chi connectivity index (χ2v) is 4.33. The first-order valence-corrected chi connectivity index (χ1v) is 5.77. The molecule has 0 unspecified atom stereocenters. The molecule has 18 heavy (non-hydrogen) atoms. The fourth-order valence-corrected chi connectivity index (χ4v) is 1.82. The van der Waals surface area contributed by atoms with E-state index >= 15 is 0 Å². The van der Waals surface area contributed by atoms with Crippen LogP contribution in [-0.4, -0.2) is 5.78 Å². The molecule has 1 N–H and O–H groups in total. The van der Waals surface area contributed by atoms with Crippen LogP contribution >= 0.6 is 11.6 Å². The summed E-state index contributed by atoms with van der Waals surface area (Å²) in [6.45, 7) is 1.46. The second kappa shape index (κ2) is 5.19. The predicted molar refractivity (Wildman–Crippen MR) is 71.1 cm³/mol. The van der Waals surface area contributed by atoms with Gasteiger partial charge in [0.15, 0.2) is 5.78 Å². The van der Waals surface area contributed by atoms with Gasteiger partial charge in [0.05, 0.1) is 5.69 Å². The van der Waals surface area contributed by atoms with Crippen LogP contribution in [0.3, 0.4) is 0 Å². The molecule has 0 aliphatic carbocycles. The summed E-state index contributed by atoms with van der Waals surface area (Å²) in [4.78, 5) is 11.3. The number of carbonyl (C=O) groups excluding carboxylic acids is 1. The summed E-state index contributed by atoms with van der Waals surface area (Å²) in [5.74, 6) is -0.448. The molecule has 2 rings (SSSR count). The van der Waals surface area contributed by atoms with Crippen molar-refractivity contribution in [3.63, 3.8) is 0 Å². The van der Waals surface area contributed by atoms with Crippen LogP contribution in [0.2, 0.25) is 5.02 Å². The molecular weight excluding hydrogens is 253 g/mol. The Morgan fingerprint density at radius 1 is 1.22 bits per heavy atom. The van der Waals surface area contributed by atoms with Crippen LogP contribution in [0, 0.1) is 5.82 Å². The average molecular weight is 264 g/mol. The van der Waals surface area contributed by atoms with Gasteiger partial charge < -0.3 is 5.32 Å². The molecule has 2 aromatic carbocycles. The topological polar surface area (TPSA) is 29.1 Å². The maximum Gasteiger partial charge on any atom is 0.159 e. The molecule has 0 atom stereocenters. The SMILES string of the molecule is CC(=O)c1cc(Cl)cc(Nc2ccccc2F)c1. The van der Waals surface area contributed by atoms with E-state index in [4.69, 9.17) is 11.6 Å². The Balaban J connectivity index is 2.35. The number of rotatable bonds is 3. The van der Waals surface area contributed by atoms with E-state index < -0.39 is 0 Å². The molecule has 92 valence electrons. The van der Waals surface area contributed by atoms with E-state index in [-0.39, 0.29) is 11.6 Å². The van der Waals surface area contributed by atoms with Crippen molar-refractivity contribution in [2.45, 2.75) is 6.92 Å². The van der Waals surface area contributed by atoms with E-state index in [2.05, 4.69) is 5.32 Å². The van der Waals surface area contributed by atoms with Gasteiger partial charge in [0, 0.05) is 16.3 Å². The number of anilines is 2. The third-order valence-corrected chi connectivity index (χ3v) is 2.68. The summed E-state index contributed by atoms with van der Waals surface area (Å²) in [7, 11) is 0. The molecule has 4 heteroatoms. The zero-order valence-corrected chi connectivity index (χ0v) is 10.5. The highest BCUT2D eigenvalue weighted by molar-refractivity contribution is 6.31. The molecular formula is C14H11ClFNO. The third kappa shape index (κ3) is 2.87.